The van der Waals surface area contributed by atoms with E-state index in [1.165, 1.54) is 0 Å². The average Bonchev–Trinajstić information content (AvgIpc) is 1.66. The molecule has 0 unspecified atom stereocenters. The Kier molecular flexibility index (Phi) is 5.25. The first-order chi connectivity index (χ1) is 3.77. The first-order valence-electron chi connectivity index (χ1n) is 2.81. The molecule has 0 N–H and O–H groups in total. The van der Waals surface area contributed by atoms with E-state index in [1.54, 1.807) is 0 Å². The summed E-state index contributed by atoms with van der Waals surface area (Å²) in [6.45, 7) is 4.19. The second kappa shape index (κ2) is 5.21. The lowest BCUT2D eigenvalue weighted by molar-refractivity contribution is 0.867. The number of halogens is 1. The van der Waals surface area contributed by atoms with E-state index >= 15 is 0 Å². The topological polar surface area (TPSA) is 0 Å². The Morgan fingerprint density at radius 1 is 1.62 bits per heavy atom. The van der Waals surface area contributed by atoms with E-state index in [1.807, 2.05) is 0 Å². The predicted molar refractivity (Wildman–Crippen MR) is 41.9 cm³/mol. The molecule has 0 saturated carbocycles. The summed E-state index contributed by atoms with van der Waals surface area (Å²) in [7, 11) is -0.217. The molecule has 0 heterocycles. The van der Waals surface area contributed by atoms with Crippen LogP contribution in [0.5, 0.6) is 0 Å². The van der Waals surface area contributed by atoms with E-state index in [0.717, 1.165) is 5.50 Å². The second-order valence-corrected chi connectivity index (χ2v) is 4.28. The van der Waals surface area contributed by atoms with Gasteiger partial charge in [0.1, 0.15) is 9.52 Å². The quantitative estimate of drug-likeness (QED) is 0.294. The van der Waals surface area contributed by atoms with Crippen molar-refractivity contribution >= 4 is 21.1 Å². The van der Waals surface area contributed by atoms with Crippen molar-refractivity contribution in [2.75, 3.05) is 5.50 Å². The molecule has 0 atom stereocenters. The van der Waals surface area contributed by atoms with Crippen LogP contribution in [0.15, 0.2) is 0 Å². The minimum absolute atomic E-state index is 0.217. The SMILES string of the molecule is CC(C)C#C[SiH2]CCl. The summed E-state index contributed by atoms with van der Waals surface area (Å²) in [4.78, 5) is 0. The van der Waals surface area contributed by atoms with Gasteiger partial charge in [0.2, 0.25) is 0 Å². The summed E-state index contributed by atoms with van der Waals surface area (Å²) in [5.74, 6) is 3.59. The molecule has 46 valence electrons. The van der Waals surface area contributed by atoms with Crippen LogP contribution in [0.1, 0.15) is 13.8 Å². The van der Waals surface area contributed by atoms with E-state index in [-0.39, 0.29) is 9.52 Å². The molecule has 0 rings (SSSR count). The summed E-state index contributed by atoms with van der Waals surface area (Å²) in [6, 6.07) is 0. The third kappa shape index (κ3) is 6.07. The molecule has 2 heteroatoms. The molecule has 0 aromatic rings. The highest BCUT2D eigenvalue weighted by molar-refractivity contribution is 6.57. The molecule has 0 spiro atoms. The van der Waals surface area contributed by atoms with Gasteiger partial charge in [-0.1, -0.05) is 13.8 Å². The Morgan fingerprint density at radius 2 is 2.25 bits per heavy atom. The van der Waals surface area contributed by atoms with Gasteiger partial charge in [-0.3, -0.25) is 0 Å². The van der Waals surface area contributed by atoms with Crippen LogP contribution in [0.25, 0.3) is 0 Å². The van der Waals surface area contributed by atoms with Gasteiger partial charge in [-0.15, -0.1) is 23.1 Å². The Labute approximate surface area is 58.4 Å². The number of hydrogen-bond acceptors (Lipinski definition) is 0. The summed E-state index contributed by atoms with van der Waals surface area (Å²) in [5.41, 5.74) is 3.88. The molecule has 0 nitrogen and oxygen atoms in total. The smallest absolute Gasteiger partial charge is 0.121 e. The number of hydrogen-bond donors (Lipinski definition) is 0. The van der Waals surface area contributed by atoms with Crippen LogP contribution in [-0.4, -0.2) is 15.0 Å². The third-order valence-corrected chi connectivity index (χ3v) is 1.82. The zero-order chi connectivity index (χ0) is 6.41. The van der Waals surface area contributed by atoms with Crippen LogP contribution in [0.3, 0.4) is 0 Å². The molecule has 8 heavy (non-hydrogen) atoms. The molecule has 0 aromatic carbocycles. The zero-order valence-corrected chi connectivity index (χ0v) is 7.54. The van der Waals surface area contributed by atoms with Gasteiger partial charge in [0.15, 0.2) is 0 Å². The summed E-state index contributed by atoms with van der Waals surface area (Å²) >= 11 is 5.44. The van der Waals surface area contributed by atoms with Crippen molar-refractivity contribution in [1.29, 1.82) is 0 Å². The van der Waals surface area contributed by atoms with Gasteiger partial charge in [-0.05, 0) is 0 Å². The highest BCUT2D eigenvalue weighted by Crippen LogP contribution is 1.84. The van der Waals surface area contributed by atoms with E-state index in [2.05, 4.69) is 25.3 Å². The minimum atomic E-state index is -0.217. The van der Waals surface area contributed by atoms with E-state index in [0.29, 0.717) is 5.92 Å². The van der Waals surface area contributed by atoms with E-state index < -0.39 is 0 Å². The van der Waals surface area contributed by atoms with Crippen molar-refractivity contribution in [3.05, 3.63) is 0 Å². The van der Waals surface area contributed by atoms with Crippen LogP contribution in [0.2, 0.25) is 0 Å². The lowest BCUT2D eigenvalue weighted by Crippen LogP contribution is -1.87. The van der Waals surface area contributed by atoms with Crippen molar-refractivity contribution in [2.24, 2.45) is 5.92 Å². The first kappa shape index (κ1) is 8.07. The number of alkyl halides is 1. The first-order valence-corrected chi connectivity index (χ1v) is 5.06. The maximum Gasteiger partial charge on any atom is 0.121 e. The maximum absolute atomic E-state index is 5.44. The fourth-order valence-electron chi connectivity index (χ4n) is 0.324. The van der Waals surface area contributed by atoms with Crippen molar-refractivity contribution < 1.29 is 0 Å². The van der Waals surface area contributed by atoms with Crippen molar-refractivity contribution in [2.45, 2.75) is 13.8 Å². The molecule has 0 fully saturated rings. The van der Waals surface area contributed by atoms with Crippen LogP contribution >= 0.6 is 11.6 Å². The molecule has 0 radical (unpaired) electrons. The average molecular weight is 147 g/mol. The fourth-order valence-corrected chi connectivity index (χ4v) is 1.25. The van der Waals surface area contributed by atoms with Gasteiger partial charge in [0, 0.05) is 11.4 Å². The number of rotatable bonds is 1. The lowest BCUT2D eigenvalue weighted by atomic mass is 10.2. The largest absolute Gasteiger partial charge is 0.138 e. The Balaban J connectivity index is 3.20. The molecule has 0 aliphatic heterocycles. The van der Waals surface area contributed by atoms with Crippen LogP contribution in [0, 0.1) is 17.4 Å². The molecule has 0 amide bonds. The summed E-state index contributed by atoms with van der Waals surface area (Å²) in [6.07, 6.45) is 0. The second-order valence-electron chi connectivity index (χ2n) is 1.91. The molecule has 0 aliphatic carbocycles. The summed E-state index contributed by atoms with van der Waals surface area (Å²) < 4.78 is 0. The summed E-state index contributed by atoms with van der Waals surface area (Å²) in [5, 5.41) is 0. The van der Waals surface area contributed by atoms with Crippen LogP contribution in [-0.2, 0) is 0 Å². The van der Waals surface area contributed by atoms with Crippen molar-refractivity contribution in [1.82, 2.24) is 0 Å². The molecule has 0 bridgehead atoms. The highest BCUT2D eigenvalue weighted by Gasteiger charge is 1.79. The lowest BCUT2D eigenvalue weighted by Gasteiger charge is -1.84. The standard InChI is InChI=1S/C6H11ClSi/c1-6(2)3-4-8-5-7/h6H,5,8H2,1-2H3. The molecular formula is C6H11ClSi. The zero-order valence-electron chi connectivity index (χ0n) is 5.37. The Bertz CT molecular complexity index is 98.8. The van der Waals surface area contributed by atoms with Gasteiger partial charge in [-0.25, -0.2) is 0 Å². The van der Waals surface area contributed by atoms with Crippen LogP contribution in [0.4, 0.5) is 0 Å². The van der Waals surface area contributed by atoms with Gasteiger partial charge in [0.25, 0.3) is 0 Å². The van der Waals surface area contributed by atoms with E-state index in [4.69, 9.17) is 11.6 Å². The minimum Gasteiger partial charge on any atom is -0.138 e. The van der Waals surface area contributed by atoms with Gasteiger partial charge < -0.3 is 0 Å². The highest BCUT2D eigenvalue weighted by atomic mass is 35.5. The predicted octanol–water partition coefficient (Wildman–Crippen LogP) is 0.968. The normalized spacial score (nSPS) is 10.0. The van der Waals surface area contributed by atoms with Gasteiger partial charge >= 0.3 is 0 Å². The molecule has 0 saturated heterocycles. The van der Waals surface area contributed by atoms with Crippen molar-refractivity contribution in [3.63, 3.8) is 0 Å². The molecule has 0 aliphatic rings. The van der Waals surface area contributed by atoms with Crippen LogP contribution < -0.4 is 0 Å². The fraction of sp³-hybridized carbons (Fsp3) is 0.667. The van der Waals surface area contributed by atoms with Crippen molar-refractivity contribution in [3.8, 4) is 11.5 Å². The molecular weight excluding hydrogens is 136 g/mol. The van der Waals surface area contributed by atoms with Gasteiger partial charge in [-0.2, -0.15) is 0 Å². The monoisotopic (exact) mass is 146 g/mol. The third-order valence-electron chi connectivity index (χ3n) is 0.610. The van der Waals surface area contributed by atoms with Gasteiger partial charge in [0.05, 0.1) is 0 Å². The maximum atomic E-state index is 5.44. The Morgan fingerprint density at radius 3 is 2.62 bits per heavy atom. The Hall–Kier alpha value is 0.0669. The van der Waals surface area contributed by atoms with E-state index in [9.17, 15) is 0 Å². The molecule has 0 aromatic heterocycles.